The van der Waals surface area contributed by atoms with E-state index in [2.05, 4.69) is 0 Å². The van der Waals surface area contributed by atoms with E-state index in [9.17, 15) is 23.1 Å². The Balaban J connectivity index is 2.35. The van der Waals surface area contributed by atoms with Gasteiger partial charge in [0, 0.05) is 12.4 Å². The zero-order chi connectivity index (χ0) is 13.3. The van der Waals surface area contributed by atoms with Crippen molar-refractivity contribution >= 4 is 12.0 Å². The molecule has 0 atom stereocenters. The minimum absolute atomic E-state index is 0.227. The standard InChI is InChI=1S/C13H11F3O2/c14-13(15,16)11-4-3-9-2-1-8(6-12(17)18)5-10(9)7-11/h3-5,7H,1-2,6H2,(H,17,18)/p-1. The van der Waals surface area contributed by atoms with Gasteiger partial charge in [0.1, 0.15) is 0 Å². The monoisotopic (exact) mass is 255 g/mol. The van der Waals surface area contributed by atoms with E-state index < -0.39 is 17.7 Å². The molecular weight excluding hydrogens is 245 g/mol. The maximum absolute atomic E-state index is 12.5. The van der Waals surface area contributed by atoms with Crippen molar-refractivity contribution in [3.8, 4) is 0 Å². The van der Waals surface area contributed by atoms with Crippen LogP contribution in [0.15, 0.2) is 23.8 Å². The molecule has 0 heterocycles. The summed E-state index contributed by atoms with van der Waals surface area (Å²) in [5, 5.41) is 10.5. The van der Waals surface area contributed by atoms with Crippen molar-refractivity contribution in [2.24, 2.45) is 0 Å². The molecule has 1 aromatic carbocycles. The van der Waals surface area contributed by atoms with Crippen molar-refractivity contribution < 1.29 is 23.1 Å². The minimum atomic E-state index is -4.38. The zero-order valence-corrected chi connectivity index (χ0v) is 9.38. The molecule has 0 aliphatic heterocycles. The Morgan fingerprint density at radius 3 is 2.61 bits per heavy atom. The normalized spacial score (nSPS) is 14.9. The van der Waals surface area contributed by atoms with Gasteiger partial charge in [0.15, 0.2) is 0 Å². The molecule has 0 fully saturated rings. The van der Waals surface area contributed by atoms with Crippen LogP contribution in [0.25, 0.3) is 6.08 Å². The number of alkyl halides is 3. The molecule has 5 heteroatoms. The Labute approximate surface area is 102 Å². The number of carbonyl (C=O) groups excluding carboxylic acids is 1. The smallest absolute Gasteiger partial charge is 0.416 e. The fraction of sp³-hybridized carbons (Fsp3) is 0.308. The lowest BCUT2D eigenvalue weighted by Crippen LogP contribution is -2.22. The number of carboxylic acids is 1. The van der Waals surface area contributed by atoms with E-state index in [0.717, 1.165) is 17.7 Å². The van der Waals surface area contributed by atoms with Gasteiger partial charge in [0.2, 0.25) is 0 Å². The molecule has 1 aliphatic rings. The molecule has 0 unspecified atom stereocenters. The molecule has 0 amide bonds. The molecule has 96 valence electrons. The number of halogens is 3. The van der Waals surface area contributed by atoms with E-state index in [1.165, 1.54) is 12.1 Å². The summed E-state index contributed by atoms with van der Waals surface area (Å²) in [5.74, 6) is -1.21. The zero-order valence-electron chi connectivity index (χ0n) is 9.38. The predicted octanol–water partition coefficient (Wildman–Crippen LogP) is 2.17. The predicted molar refractivity (Wildman–Crippen MR) is 57.4 cm³/mol. The highest BCUT2D eigenvalue weighted by Crippen LogP contribution is 2.33. The molecular formula is C13H10F3O2-. The number of aliphatic carboxylic acids is 1. The summed E-state index contributed by atoms with van der Waals surface area (Å²) in [6.45, 7) is 0. The number of aryl methyl sites for hydroxylation is 1. The molecule has 0 N–H and O–H groups in total. The Morgan fingerprint density at radius 2 is 2.00 bits per heavy atom. The number of carboxylic acid groups (broad SMARTS) is 1. The van der Waals surface area contributed by atoms with Crippen molar-refractivity contribution in [2.75, 3.05) is 0 Å². The first kappa shape index (κ1) is 12.7. The minimum Gasteiger partial charge on any atom is -0.550 e. The van der Waals surface area contributed by atoms with Crippen LogP contribution in [-0.2, 0) is 17.4 Å². The molecule has 1 aliphatic carbocycles. The second-order valence-corrected chi connectivity index (χ2v) is 4.26. The molecule has 2 rings (SSSR count). The molecule has 18 heavy (non-hydrogen) atoms. The highest BCUT2D eigenvalue weighted by Gasteiger charge is 2.31. The second kappa shape index (κ2) is 4.48. The molecule has 0 bridgehead atoms. The van der Waals surface area contributed by atoms with Gasteiger partial charge in [-0.05, 0) is 36.1 Å². The van der Waals surface area contributed by atoms with Gasteiger partial charge < -0.3 is 9.90 Å². The van der Waals surface area contributed by atoms with Gasteiger partial charge in [-0.3, -0.25) is 0 Å². The number of hydrogen-bond donors (Lipinski definition) is 0. The second-order valence-electron chi connectivity index (χ2n) is 4.26. The summed E-state index contributed by atoms with van der Waals surface area (Å²) < 4.78 is 37.6. The van der Waals surface area contributed by atoms with E-state index in [4.69, 9.17) is 0 Å². The molecule has 2 nitrogen and oxygen atoms in total. The highest BCUT2D eigenvalue weighted by atomic mass is 19.4. The van der Waals surface area contributed by atoms with Gasteiger partial charge in [-0.25, -0.2) is 0 Å². The summed E-state index contributed by atoms with van der Waals surface area (Å²) in [7, 11) is 0. The Morgan fingerprint density at radius 1 is 1.28 bits per heavy atom. The highest BCUT2D eigenvalue weighted by molar-refractivity contribution is 5.72. The number of benzene rings is 1. The third-order valence-electron chi connectivity index (χ3n) is 2.92. The van der Waals surface area contributed by atoms with Crippen LogP contribution in [0.4, 0.5) is 13.2 Å². The summed E-state index contributed by atoms with van der Waals surface area (Å²) in [6, 6.07) is 3.56. The van der Waals surface area contributed by atoms with Crippen LogP contribution in [0.5, 0.6) is 0 Å². The molecule has 0 saturated carbocycles. The number of carbonyl (C=O) groups is 1. The van der Waals surface area contributed by atoms with Crippen LogP contribution in [0.3, 0.4) is 0 Å². The van der Waals surface area contributed by atoms with Crippen molar-refractivity contribution in [1.29, 1.82) is 0 Å². The summed E-state index contributed by atoms with van der Waals surface area (Å²) in [4.78, 5) is 10.5. The third-order valence-corrected chi connectivity index (χ3v) is 2.92. The molecule has 0 radical (unpaired) electrons. The van der Waals surface area contributed by atoms with E-state index in [0.29, 0.717) is 24.0 Å². The van der Waals surface area contributed by atoms with Crippen LogP contribution in [-0.4, -0.2) is 5.97 Å². The van der Waals surface area contributed by atoms with Gasteiger partial charge in [-0.15, -0.1) is 0 Å². The average Bonchev–Trinajstić information content (AvgIpc) is 2.26. The van der Waals surface area contributed by atoms with Crippen LogP contribution in [0, 0.1) is 0 Å². The van der Waals surface area contributed by atoms with E-state index >= 15 is 0 Å². The number of hydrogen-bond acceptors (Lipinski definition) is 2. The topological polar surface area (TPSA) is 40.1 Å². The Kier molecular flexibility index (Phi) is 3.15. The lowest BCUT2D eigenvalue weighted by atomic mass is 9.89. The molecule has 1 aromatic rings. The summed E-state index contributed by atoms with van der Waals surface area (Å²) in [5.41, 5.74) is 1.14. The van der Waals surface area contributed by atoms with Crippen molar-refractivity contribution in [3.63, 3.8) is 0 Å². The molecule has 0 saturated heterocycles. The lowest BCUT2D eigenvalue weighted by molar-refractivity contribution is -0.304. The van der Waals surface area contributed by atoms with Gasteiger partial charge >= 0.3 is 6.18 Å². The van der Waals surface area contributed by atoms with Crippen molar-refractivity contribution in [2.45, 2.75) is 25.4 Å². The number of rotatable bonds is 2. The van der Waals surface area contributed by atoms with Crippen LogP contribution in [0.2, 0.25) is 0 Å². The average molecular weight is 255 g/mol. The Bertz CT molecular complexity index is 515. The quantitative estimate of drug-likeness (QED) is 0.812. The fourth-order valence-corrected chi connectivity index (χ4v) is 2.05. The fourth-order valence-electron chi connectivity index (χ4n) is 2.05. The van der Waals surface area contributed by atoms with Crippen LogP contribution < -0.4 is 5.11 Å². The van der Waals surface area contributed by atoms with Crippen LogP contribution >= 0.6 is 0 Å². The largest absolute Gasteiger partial charge is 0.550 e. The van der Waals surface area contributed by atoms with Gasteiger partial charge in [-0.2, -0.15) is 13.2 Å². The third kappa shape index (κ3) is 2.72. The lowest BCUT2D eigenvalue weighted by Gasteiger charge is -2.18. The van der Waals surface area contributed by atoms with Crippen LogP contribution in [0.1, 0.15) is 29.5 Å². The van der Waals surface area contributed by atoms with Gasteiger partial charge in [-0.1, -0.05) is 17.7 Å². The SMILES string of the molecule is O=C([O-])CC1=Cc2cc(C(F)(F)F)ccc2CC1. The first-order valence-corrected chi connectivity index (χ1v) is 5.45. The summed E-state index contributed by atoms with van der Waals surface area (Å²) >= 11 is 0. The van der Waals surface area contributed by atoms with Crippen molar-refractivity contribution in [1.82, 2.24) is 0 Å². The first-order chi connectivity index (χ1) is 8.36. The number of fused-ring (bicyclic) bond motifs is 1. The first-order valence-electron chi connectivity index (χ1n) is 5.45. The molecule has 0 aromatic heterocycles. The maximum atomic E-state index is 12.5. The maximum Gasteiger partial charge on any atom is 0.416 e. The Hall–Kier alpha value is -1.78. The van der Waals surface area contributed by atoms with E-state index in [-0.39, 0.29) is 6.42 Å². The van der Waals surface area contributed by atoms with Gasteiger partial charge in [0.05, 0.1) is 5.56 Å². The van der Waals surface area contributed by atoms with Crippen molar-refractivity contribution in [3.05, 3.63) is 40.5 Å². The molecule has 0 spiro atoms. The van der Waals surface area contributed by atoms with E-state index in [1.807, 2.05) is 0 Å². The summed E-state index contributed by atoms with van der Waals surface area (Å²) in [6.07, 6.45) is -1.98. The van der Waals surface area contributed by atoms with Gasteiger partial charge in [0.25, 0.3) is 0 Å². The van der Waals surface area contributed by atoms with E-state index in [1.54, 1.807) is 0 Å².